The first-order valence-electron chi connectivity index (χ1n) is 7.09. The number of aromatic nitrogens is 1. The van der Waals surface area contributed by atoms with Gasteiger partial charge in [-0.1, -0.05) is 12.8 Å². The number of nitrogens with two attached hydrogens (primary N) is 1. The summed E-state index contributed by atoms with van der Waals surface area (Å²) >= 11 is 0. The predicted molar refractivity (Wildman–Crippen MR) is 76.0 cm³/mol. The molecule has 0 atom stereocenters. The first-order chi connectivity index (χ1) is 9.51. The molecule has 2 heterocycles. The third-order valence-electron chi connectivity index (χ3n) is 4.50. The third-order valence-corrected chi connectivity index (χ3v) is 4.50. The monoisotopic (exact) mass is 273 g/mol. The lowest BCUT2D eigenvalue weighted by molar-refractivity contribution is -0.133. The maximum Gasteiger partial charge on any atom is 0.235 e. The molecule has 5 nitrogen and oxygen atoms in total. The molecule has 2 amide bonds. The van der Waals surface area contributed by atoms with Gasteiger partial charge in [-0.25, -0.2) is 9.88 Å². The van der Waals surface area contributed by atoms with Gasteiger partial charge < -0.3 is 5.73 Å². The molecule has 3 rings (SSSR count). The van der Waals surface area contributed by atoms with Gasteiger partial charge in [-0.15, -0.1) is 0 Å². The topological polar surface area (TPSA) is 76.3 Å². The Morgan fingerprint density at radius 3 is 2.35 bits per heavy atom. The van der Waals surface area contributed by atoms with Crippen LogP contribution in [0, 0.1) is 12.3 Å². The van der Waals surface area contributed by atoms with E-state index in [4.69, 9.17) is 5.73 Å². The summed E-state index contributed by atoms with van der Waals surface area (Å²) in [5, 5.41) is 0. The van der Waals surface area contributed by atoms with E-state index in [0.717, 1.165) is 31.2 Å². The largest absolute Gasteiger partial charge is 0.397 e. The summed E-state index contributed by atoms with van der Waals surface area (Å²) in [4.78, 5) is 30.3. The third kappa shape index (κ3) is 2.07. The molecule has 1 saturated heterocycles. The second-order valence-electron chi connectivity index (χ2n) is 6.09. The number of hydrogen-bond acceptors (Lipinski definition) is 4. The molecule has 20 heavy (non-hydrogen) atoms. The zero-order valence-electron chi connectivity index (χ0n) is 11.7. The van der Waals surface area contributed by atoms with Crippen LogP contribution < -0.4 is 10.6 Å². The molecule has 1 aliphatic carbocycles. The van der Waals surface area contributed by atoms with Crippen LogP contribution >= 0.6 is 0 Å². The molecular weight excluding hydrogens is 254 g/mol. The van der Waals surface area contributed by atoms with E-state index in [9.17, 15) is 9.59 Å². The van der Waals surface area contributed by atoms with Crippen molar-refractivity contribution in [2.75, 3.05) is 10.6 Å². The smallest absolute Gasteiger partial charge is 0.235 e. The summed E-state index contributed by atoms with van der Waals surface area (Å²) in [6.45, 7) is 1.82. The zero-order chi connectivity index (χ0) is 14.3. The predicted octanol–water partition coefficient (Wildman–Crippen LogP) is 2.19. The fraction of sp³-hybridized carbons (Fsp3) is 0.533. The second-order valence-corrected chi connectivity index (χ2v) is 6.09. The van der Waals surface area contributed by atoms with Crippen molar-refractivity contribution in [3.8, 4) is 0 Å². The number of nitrogens with zero attached hydrogens (tertiary/aromatic N) is 2. The minimum Gasteiger partial charge on any atom is -0.397 e. The van der Waals surface area contributed by atoms with Crippen LogP contribution in [0.3, 0.4) is 0 Å². The van der Waals surface area contributed by atoms with Crippen LogP contribution in [0.4, 0.5) is 11.5 Å². The molecule has 1 saturated carbocycles. The van der Waals surface area contributed by atoms with Crippen LogP contribution in [0.15, 0.2) is 12.3 Å². The van der Waals surface area contributed by atoms with E-state index in [0.29, 0.717) is 24.3 Å². The van der Waals surface area contributed by atoms with E-state index in [2.05, 4.69) is 4.98 Å². The van der Waals surface area contributed by atoms with Gasteiger partial charge in [-0.2, -0.15) is 0 Å². The number of carbonyl (C=O) groups is 2. The molecule has 106 valence electrons. The van der Waals surface area contributed by atoms with Crippen molar-refractivity contribution in [2.45, 2.75) is 45.4 Å². The summed E-state index contributed by atoms with van der Waals surface area (Å²) in [6.07, 6.45) is 6.65. The number of anilines is 2. The Morgan fingerprint density at radius 1 is 1.20 bits per heavy atom. The maximum absolute atomic E-state index is 12.4. The number of hydrogen-bond donors (Lipinski definition) is 1. The van der Waals surface area contributed by atoms with Crippen LogP contribution in [0.1, 0.15) is 44.1 Å². The van der Waals surface area contributed by atoms with E-state index in [1.807, 2.05) is 6.92 Å². The summed E-state index contributed by atoms with van der Waals surface area (Å²) in [6, 6.07) is 1.74. The molecular formula is C15H19N3O2. The zero-order valence-corrected chi connectivity index (χ0v) is 11.7. The van der Waals surface area contributed by atoms with E-state index < -0.39 is 0 Å². The van der Waals surface area contributed by atoms with E-state index in [1.165, 1.54) is 11.1 Å². The highest BCUT2D eigenvalue weighted by molar-refractivity contribution is 6.16. The number of nitrogen functional groups attached to an aromatic ring is 1. The molecule has 0 bridgehead atoms. The minimum absolute atomic E-state index is 0.0770. The Kier molecular flexibility index (Phi) is 3.00. The number of aryl methyl sites for hydroxylation is 1. The van der Waals surface area contributed by atoms with Crippen molar-refractivity contribution >= 4 is 23.3 Å². The number of imide groups is 1. The van der Waals surface area contributed by atoms with Crippen molar-refractivity contribution in [3.05, 3.63) is 17.8 Å². The lowest BCUT2D eigenvalue weighted by atomic mass is 9.76. The van der Waals surface area contributed by atoms with Gasteiger partial charge >= 0.3 is 0 Å². The number of pyridine rings is 1. The van der Waals surface area contributed by atoms with Crippen molar-refractivity contribution in [3.63, 3.8) is 0 Å². The van der Waals surface area contributed by atoms with Gasteiger partial charge in [0.2, 0.25) is 11.8 Å². The Hall–Kier alpha value is -1.91. The minimum atomic E-state index is -0.122. The van der Waals surface area contributed by atoms with Crippen LogP contribution in [0.5, 0.6) is 0 Å². The van der Waals surface area contributed by atoms with Crippen molar-refractivity contribution in [2.24, 2.45) is 5.41 Å². The number of carbonyl (C=O) groups excluding carboxylic acids is 2. The molecule has 1 aliphatic heterocycles. The van der Waals surface area contributed by atoms with Crippen LogP contribution in [0.2, 0.25) is 0 Å². The SMILES string of the molecule is Cc1cc(N)cnc1N1C(=O)CC2(CCCC2)CC1=O. The van der Waals surface area contributed by atoms with Gasteiger partial charge in [0, 0.05) is 12.8 Å². The lowest BCUT2D eigenvalue weighted by Gasteiger charge is -2.37. The second kappa shape index (κ2) is 4.58. The fourth-order valence-corrected chi connectivity index (χ4v) is 3.54. The molecule has 1 aromatic heterocycles. The Morgan fingerprint density at radius 2 is 1.80 bits per heavy atom. The molecule has 2 N–H and O–H groups in total. The first kappa shape index (κ1) is 13.1. The van der Waals surface area contributed by atoms with Gasteiger partial charge in [-0.3, -0.25) is 9.59 Å². The normalized spacial score (nSPS) is 21.8. The maximum atomic E-state index is 12.4. The van der Waals surface area contributed by atoms with E-state index >= 15 is 0 Å². The van der Waals surface area contributed by atoms with Gasteiger partial charge in [0.05, 0.1) is 11.9 Å². The summed E-state index contributed by atoms with van der Waals surface area (Å²) < 4.78 is 0. The fourth-order valence-electron chi connectivity index (χ4n) is 3.54. The molecule has 0 aromatic carbocycles. The highest BCUT2D eigenvalue weighted by Crippen LogP contribution is 2.47. The number of rotatable bonds is 1. The van der Waals surface area contributed by atoms with Gasteiger partial charge in [0.15, 0.2) is 0 Å². The molecule has 0 unspecified atom stereocenters. The molecule has 0 radical (unpaired) electrons. The van der Waals surface area contributed by atoms with Gasteiger partial charge in [-0.05, 0) is 36.8 Å². The summed E-state index contributed by atoms with van der Waals surface area (Å²) in [7, 11) is 0. The van der Waals surface area contributed by atoms with Crippen molar-refractivity contribution in [1.82, 2.24) is 4.98 Å². The van der Waals surface area contributed by atoms with Crippen LogP contribution in [0.25, 0.3) is 0 Å². The van der Waals surface area contributed by atoms with Gasteiger partial charge in [0.1, 0.15) is 5.82 Å². The molecule has 5 heteroatoms. The quantitative estimate of drug-likeness (QED) is 0.796. The Labute approximate surface area is 118 Å². The molecule has 1 spiro atoms. The van der Waals surface area contributed by atoms with Crippen molar-refractivity contribution < 1.29 is 9.59 Å². The number of amides is 2. The Bertz CT molecular complexity index is 556. The standard InChI is InChI=1S/C15H19N3O2/c1-10-6-11(16)9-17-14(10)18-12(19)7-15(8-13(18)20)4-2-3-5-15/h6,9H,2-5,7-8,16H2,1H3. The molecule has 2 fully saturated rings. The average molecular weight is 273 g/mol. The lowest BCUT2D eigenvalue weighted by Crippen LogP contribution is -2.48. The Balaban J connectivity index is 1.91. The highest BCUT2D eigenvalue weighted by Gasteiger charge is 2.46. The summed E-state index contributed by atoms with van der Waals surface area (Å²) in [5.74, 6) is 0.189. The van der Waals surface area contributed by atoms with E-state index in [1.54, 1.807) is 6.07 Å². The van der Waals surface area contributed by atoms with Crippen LogP contribution in [-0.2, 0) is 9.59 Å². The summed E-state index contributed by atoms with van der Waals surface area (Å²) in [5.41, 5.74) is 6.89. The average Bonchev–Trinajstić information content (AvgIpc) is 2.79. The number of piperidine rings is 1. The molecule has 1 aromatic rings. The molecule has 2 aliphatic rings. The highest BCUT2D eigenvalue weighted by atomic mass is 16.2. The van der Waals surface area contributed by atoms with Gasteiger partial charge in [0.25, 0.3) is 0 Å². The van der Waals surface area contributed by atoms with Crippen molar-refractivity contribution in [1.29, 1.82) is 0 Å². The first-order valence-corrected chi connectivity index (χ1v) is 7.09. The van der Waals surface area contributed by atoms with E-state index in [-0.39, 0.29) is 17.2 Å². The van der Waals surface area contributed by atoms with Crippen LogP contribution in [-0.4, -0.2) is 16.8 Å².